The van der Waals surface area contributed by atoms with E-state index in [1.54, 1.807) is 0 Å². The second kappa shape index (κ2) is 7.87. The summed E-state index contributed by atoms with van der Waals surface area (Å²) < 4.78 is 0. The van der Waals surface area contributed by atoms with Crippen LogP contribution >= 0.6 is 11.6 Å². The monoisotopic (exact) mass is 252 g/mol. The number of carbonyl (C=O) groups excluding carboxylic acids is 1. The molecule has 2 N–H and O–H groups in total. The molecule has 1 aromatic rings. The lowest BCUT2D eigenvalue weighted by atomic mass is 10.2. The third-order valence-electron chi connectivity index (χ3n) is 2.19. The lowest BCUT2D eigenvalue weighted by molar-refractivity contribution is -0.113. The molecule has 0 aliphatic carbocycles. The van der Waals surface area contributed by atoms with Crippen molar-refractivity contribution in [3.63, 3.8) is 0 Å². The van der Waals surface area contributed by atoms with Crippen molar-refractivity contribution in [2.75, 3.05) is 24.8 Å². The number of hydrogen-bond donors (Lipinski definition) is 2. The zero-order chi connectivity index (χ0) is 12.5. The Morgan fingerprint density at radius 2 is 2.06 bits per heavy atom. The van der Waals surface area contributed by atoms with Crippen LogP contribution in [0.1, 0.15) is 12.0 Å². The van der Waals surface area contributed by atoms with Crippen molar-refractivity contribution >= 4 is 29.3 Å². The van der Waals surface area contributed by atoms with Crippen molar-refractivity contribution in [3.05, 3.63) is 35.9 Å². The highest BCUT2D eigenvalue weighted by Gasteiger charge is 1.98. The molecule has 0 heterocycles. The van der Waals surface area contributed by atoms with Crippen LogP contribution in [0.4, 0.5) is 5.69 Å². The fourth-order valence-electron chi connectivity index (χ4n) is 1.32. The van der Waals surface area contributed by atoms with Gasteiger partial charge in [0, 0.05) is 5.69 Å². The number of carbonyl (C=O) groups is 1. The maximum atomic E-state index is 11.0. The van der Waals surface area contributed by atoms with E-state index in [0.717, 1.165) is 24.2 Å². The van der Waals surface area contributed by atoms with E-state index in [2.05, 4.69) is 22.8 Å². The number of benzene rings is 1. The minimum Gasteiger partial charge on any atom is -0.325 e. The van der Waals surface area contributed by atoms with Crippen molar-refractivity contribution < 1.29 is 4.79 Å². The van der Waals surface area contributed by atoms with E-state index in [4.69, 9.17) is 11.6 Å². The fraction of sp³-hybridized carbons (Fsp3) is 0.308. The van der Waals surface area contributed by atoms with E-state index >= 15 is 0 Å². The molecule has 1 amide bonds. The van der Waals surface area contributed by atoms with Crippen LogP contribution in [-0.2, 0) is 4.79 Å². The van der Waals surface area contributed by atoms with Gasteiger partial charge in [-0.3, -0.25) is 4.79 Å². The standard InChI is InChI=1S/C13H17ClN2O/c1-15-9-3-2-4-11-5-7-12(8-6-11)16-13(17)10-14/h2,4-8,15H,3,9-10H2,1H3,(H,16,17). The molecule has 92 valence electrons. The number of anilines is 1. The Kier molecular flexibility index (Phi) is 6.37. The topological polar surface area (TPSA) is 41.1 Å². The van der Waals surface area contributed by atoms with Crippen molar-refractivity contribution in [2.24, 2.45) is 0 Å². The Balaban J connectivity index is 2.50. The molecule has 0 saturated carbocycles. The van der Waals surface area contributed by atoms with Gasteiger partial charge in [-0.25, -0.2) is 0 Å². The van der Waals surface area contributed by atoms with E-state index in [-0.39, 0.29) is 11.8 Å². The summed E-state index contributed by atoms with van der Waals surface area (Å²) in [5.41, 5.74) is 1.88. The molecule has 17 heavy (non-hydrogen) atoms. The summed E-state index contributed by atoms with van der Waals surface area (Å²) in [6, 6.07) is 7.64. The first-order valence-corrected chi connectivity index (χ1v) is 6.06. The molecule has 0 aliphatic rings. The molecule has 0 radical (unpaired) electrons. The zero-order valence-electron chi connectivity index (χ0n) is 9.87. The number of halogens is 1. The third-order valence-corrected chi connectivity index (χ3v) is 2.43. The Morgan fingerprint density at radius 3 is 2.65 bits per heavy atom. The maximum absolute atomic E-state index is 11.0. The van der Waals surface area contributed by atoms with Crippen LogP contribution in [0.15, 0.2) is 30.3 Å². The highest BCUT2D eigenvalue weighted by molar-refractivity contribution is 6.29. The molecule has 0 unspecified atom stereocenters. The van der Waals surface area contributed by atoms with E-state index in [9.17, 15) is 4.79 Å². The summed E-state index contributed by atoms with van der Waals surface area (Å²) in [6.45, 7) is 0.973. The molecule has 0 aromatic heterocycles. The first-order chi connectivity index (χ1) is 8.26. The normalized spacial score (nSPS) is 10.7. The molecule has 1 rings (SSSR count). The predicted octanol–water partition coefficient (Wildman–Crippen LogP) is 2.49. The van der Waals surface area contributed by atoms with E-state index in [1.165, 1.54) is 0 Å². The zero-order valence-corrected chi connectivity index (χ0v) is 10.6. The van der Waals surface area contributed by atoms with Gasteiger partial charge in [0.1, 0.15) is 5.88 Å². The minimum absolute atomic E-state index is 0.0222. The summed E-state index contributed by atoms with van der Waals surface area (Å²) in [4.78, 5) is 11.0. The van der Waals surface area contributed by atoms with Gasteiger partial charge in [-0.2, -0.15) is 0 Å². The van der Waals surface area contributed by atoms with Crippen LogP contribution in [0, 0.1) is 0 Å². The first-order valence-electron chi connectivity index (χ1n) is 5.53. The molecule has 0 fully saturated rings. The van der Waals surface area contributed by atoms with Crippen LogP contribution in [0.3, 0.4) is 0 Å². The van der Waals surface area contributed by atoms with Gasteiger partial charge >= 0.3 is 0 Å². The van der Waals surface area contributed by atoms with Crippen molar-refractivity contribution in [1.29, 1.82) is 0 Å². The highest BCUT2D eigenvalue weighted by atomic mass is 35.5. The SMILES string of the molecule is CNCCC=Cc1ccc(NC(=O)CCl)cc1. The number of hydrogen-bond acceptors (Lipinski definition) is 2. The molecule has 4 heteroatoms. The van der Waals surface area contributed by atoms with Crippen LogP contribution < -0.4 is 10.6 Å². The van der Waals surface area contributed by atoms with Crippen LogP contribution in [0.5, 0.6) is 0 Å². The van der Waals surface area contributed by atoms with E-state index in [1.807, 2.05) is 31.3 Å². The Bertz CT molecular complexity index is 374. The number of nitrogens with one attached hydrogen (secondary N) is 2. The maximum Gasteiger partial charge on any atom is 0.239 e. The molecule has 1 aromatic carbocycles. The Labute approximate surface area is 107 Å². The van der Waals surface area contributed by atoms with Gasteiger partial charge in [-0.1, -0.05) is 24.3 Å². The van der Waals surface area contributed by atoms with Crippen molar-refractivity contribution in [1.82, 2.24) is 5.32 Å². The Hall–Kier alpha value is -1.32. The van der Waals surface area contributed by atoms with Crippen molar-refractivity contribution in [3.8, 4) is 0 Å². The Morgan fingerprint density at radius 1 is 1.35 bits per heavy atom. The van der Waals surface area contributed by atoms with Gasteiger partial charge in [-0.15, -0.1) is 11.6 Å². The molecular weight excluding hydrogens is 236 g/mol. The summed E-state index contributed by atoms with van der Waals surface area (Å²) in [6.07, 6.45) is 5.18. The van der Waals surface area contributed by atoms with Gasteiger partial charge in [0.25, 0.3) is 0 Å². The quantitative estimate of drug-likeness (QED) is 0.603. The lowest BCUT2D eigenvalue weighted by Crippen LogP contribution is -2.12. The average Bonchev–Trinajstić information content (AvgIpc) is 2.36. The summed E-state index contributed by atoms with van der Waals surface area (Å²) in [5, 5.41) is 5.77. The molecule has 0 aliphatic heterocycles. The summed E-state index contributed by atoms with van der Waals surface area (Å²) in [5.74, 6) is -0.213. The van der Waals surface area contributed by atoms with E-state index < -0.39 is 0 Å². The summed E-state index contributed by atoms with van der Waals surface area (Å²) >= 11 is 5.40. The lowest BCUT2D eigenvalue weighted by Gasteiger charge is -2.02. The van der Waals surface area contributed by atoms with Gasteiger partial charge in [-0.05, 0) is 37.7 Å². The van der Waals surface area contributed by atoms with Crippen LogP contribution in [0.2, 0.25) is 0 Å². The number of amides is 1. The molecule has 0 saturated heterocycles. The minimum atomic E-state index is -0.191. The van der Waals surface area contributed by atoms with Gasteiger partial charge in [0.05, 0.1) is 0 Å². The molecule has 0 atom stereocenters. The summed E-state index contributed by atoms with van der Waals surface area (Å²) in [7, 11) is 1.93. The van der Waals surface area contributed by atoms with Crippen LogP contribution in [0.25, 0.3) is 6.08 Å². The second-order valence-corrected chi connectivity index (χ2v) is 3.87. The molecular formula is C13H17ClN2O. The smallest absolute Gasteiger partial charge is 0.239 e. The van der Waals surface area contributed by atoms with E-state index in [0.29, 0.717) is 0 Å². The van der Waals surface area contributed by atoms with Crippen molar-refractivity contribution in [2.45, 2.75) is 6.42 Å². The number of rotatable bonds is 6. The van der Waals surface area contributed by atoms with Crippen LogP contribution in [-0.4, -0.2) is 25.4 Å². The predicted molar refractivity (Wildman–Crippen MR) is 73.4 cm³/mol. The molecule has 0 bridgehead atoms. The fourth-order valence-corrected chi connectivity index (χ4v) is 1.39. The third kappa shape index (κ3) is 5.52. The first kappa shape index (κ1) is 13.7. The van der Waals surface area contributed by atoms with Gasteiger partial charge < -0.3 is 10.6 Å². The van der Waals surface area contributed by atoms with Gasteiger partial charge in [0.15, 0.2) is 0 Å². The average molecular weight is 253 g/mol. The molecule has 0 spiro atoms. The highest BCUT2D eigenvalue weighted by Crippen LogP contribution is 2.11. The van der Waals surface area contributed by atoms with Gasteiger partial charge in [0.2, 0.25) is 5.91 Å². The second-order valence-electron chi connectivity index (χ2n) is 3.60. The number of alkyl halides is 1. The largest absolute Gasteiger partial charge is 0.325 e. The molecule has 3 nitrogen and oxygen atoms in total.